The van der Waals surface area contributed by atoms with Crippen molar-refractivity contribution in [1.82, 2.24) is 28.0 Å². The first-order valence-corrected chi connectivity index (χ1v) is 13.9. The summed E-state index contributed by atoms with van der Waals surface area (Å²) >= 11 is 0. The summed E-state index contributed by atoms with van der Waals surface area (Å²) in [4.78, 5) is 13.7. The molecule has 5 aromatic rings. The number of oxazole rings is 1. The van der Waals surface area contributed by atoms with Gasteiger partial charge in [-0.1, -0.05) is 42.5 Å². The van der Waals surface area contributed by atoms with Gasteiger partial charge in [-0.2, -0.15) is 22.0 Å². The Morgan fingerprint density at radius 3 is 2.72 bits per heavy atom. The van der Waals surface area contributed by atoms with Gasteiger partial charge in [0.1, 0.15) is 23.4 Å². The maximum absolute atomic E-state index is 13.0. The number of nitrogens with zero attached hydrogens (tertiary/aromatic N) is 6. The standard InChI is InChI=1S/C27H27N7O4S/c1-37-22-9-5-8-21(18-22)24-25(34-16-17-38-27(34)31-24)23-10-11-28-26(30-23)29-12-13-32-14-15-33(39(32,35)36)19-20-6-3-2-4-7-20/h2-11,16-18H,12-15,19H2,1H3,(H,28,29,30). The average Bonchev–Trinajstić information content (AvgIpc) is 3.63. The maximum atomic E-state index is 13.0. The van der Waals surface area contributed by atoms with Crippen LogP contribution in [0.2, 0.25) is 0 Å². The predicted molar refractivity (Wildman–Crippen MR) is 146 cm³/mol. The van der Waals surface area contributed by atoms with E-state index in [-0.39, 0.29) is 0 Å². The molecule has 1 aliphatic heterocycles. The van der Waals surface area contributed by atoms with Gasteiger partial charge in [-0.3, -0.25) is 4.40 Å². The third kappa shape index (κ3) is 4.97. The van der Waals surface area contributed by atoms with Crippen LogP contribution < -0.4 is 10.1 Å². The lowest BCUT2D eigenvalue weighted by Gasteiger charge is -2.19. The van der Waals surface area contributed by atoms with Crippen molar-refractivity contribution >= 4 is 22.0 Å². The minimum atomic E-state index is -3.53. The third-order valence-electron chi connectivity index (χ3n) is 6.60. The van der Waals surface area contributed by atoms with Crippen LogP contribution in [0, 0.1) is 0 Å². The molecule has 0 spiro atoms. The van der Waals surface area contributed by atoms with E-state index in [1.165, 1.54) is 8.61 Å². The Morgan fingerprint density at radius 1 is 1.03 bits per heavy atom. The van der Waals surface area contributed by atoms with E-state index in [0.717, 1.165) is 16.8 Å². The highest BCUT2D eigenvalue weighted by molar-refractivity contribution is 7.87. The molecular formula is C27H27N7O4S. The van der Waals surface area contributed by atoms with Crippen LogP contribution in [0.5, 0.6) is 5.75 Å². The van der Waals surface area contributed by atoms with Gasteiger partial charge in [-0.25, -0.2) is 9.97 Å². The van der Waals surface area contributed by atoms with E-state index in [2.05, 4.69) is 15.3 Å². The SMILES string of the molecule is COc1cccc(-c2nc3occn3c2-c2ccnc(NCCN3CCN(Cc4ccccc4)S3(=O)=O)n2)c1. The van der Waals surface area contributed by atoms with Gasteiger partial charge in [0.25, 0.3) is 10.2 Å². The summed E-state index contributed by atoms with van der Waals surface area (Å²) in [5, 5.41) is 3.18. The predicted octanol–water partition coefficient (Wildman–Crippen LogP) is 3.53. The lowest BCUT2D eigenvalue weighted by Crippen LogP contribution is -2.35. The highest BCUT2D eigenvalue weighted by atomic mass is 32.2. The van der Waals surface area contributed by atoms with Gasteiger partial charge in [0, 0.05) is 50.7 Å². The molecule has 200 valence electrons. The fraction of sp³-hybridized carbons (Fsp3) is 0.222. The number of benzene rings is 2. The second-order valence-electron chi connectivity index (χ2n) is 9.01. The number of ether oxygens (including phenoxy) is 1. The Hall–Kier alpha value is -4.26. The number of imidazole rings is 1. The van der Waals surface area contributed by atoms with Gasteiger partial charge >= 0.3 is 5.84 Å². The van der Waals surface area contributed by atoms with Gasteiger partial charge < -0.3 is 14.5 Å². The van der Waals surface area contributed by atoms with Crippen LogP contribution in [-0.2, 0) is 16.8 Å². The molecule has 12 heteroatoms. The first kappa shape index (κ1) is 25.0. The van der Waals surface area contributed by atoms with Crippen LogP contribution in [0.1, 0.15) is 5.56 Å². The normalized spacial score (nSPS) is 15.6. The molecule has 1 saturated heterocycles. The van der Waals surface area contributed by atoms with Crippen molar-refractivity contribution in [2.45, 2.75) is 6.54 Å². The molecule has 1 fully saturated rings. The Kier molecular flexibility index (Phi) is 6.73. The summed E-state index contributed by atoms with van der Waals surface area (Å²) < 4.78 is 41.8. The molecule has 4 heterocycles. The van der Waals surface area contributed by atoms with Gasteiger partial charge in [0.05, 0.1) is 12.8 Å². The first-order chi connectivity index (χ1) is 19.0. The molecule has 0 bridgehead atoms. The number of hydrogen-bond acceptors (Lipinski definition) is 8. The number of anilines is 1. The summed E-state index contributed by atoms with van der Waals surface area (Å²) in [5.74, 6) is 1.54. The van der Waals surface area contributed by atoms with Gasteiger partial charge in [-0.15, -0.1) is 0 Å². The van der Waals surface area contributed by atoms with Gasteiger partial charge in [-0.05, 0) is 23.8 Å². The molecular weight excluding hydrogens is 518 g/mol. The quantitative estimate of drug-likeness (QED) is 0.299. The number of methoxy groups -OCH3 is 1. The number of nitrogens with one attached hydrogen (secondary N) is 1. The molecule has 6 rings (SSSR count). The highest BCUT2D eigenvalue weighted by Gasteiger charge is 2.36. The Bertz CT molecular complexity index is 1700. The van der Waals surface area contributed by atoms with E-state index in [1.54, 1.807) is 31.8 Å². The summed E-state index contributed by atoms with van der Waals surface area (Å²) in [6.45, 7) is 1.92. The molecule has 39 heavy (non-hydrogen) atoms. The molecule has 1 N–H and O–H groups in total. The Labute approximate surface area is 225 Å². The molecule has 0 aliphatic carbocycles. The topological polar surface area (TPSA) is 118 Å². The molecule has 0 radical (unpaired) electrons. The van der Waals surface area contributed by atoms with Crippen LogP contribution in [0.3, 0.4) is 0 Å². The molecule has 0 amide bonds. The number of fused-ring (bicyclic) bond motifs is 1. The van der Waals surface area contributed by atoms with Gasteiger partial charge in [0.15, 0.2) is 0 Å². The first-order valence-electron chi connectivity index (χ1n) is 12.5. The highest BCUT2D eigenvalue weighted by Crippen LogP contribution is 2.33. The van der Waals surface area contributed by atoms with Crippen molar-refractivity contribution < 1.29 is 17.6 Å². The third-order valence-corrected chi connectivity index (χ3v) is 8.58. The minimum Gasteiger partial charge on any atom is -0.497 e. The minimum absolute atomic E-state index is 0.301. The van der Waals surface area contributed by atoms with Crippen LogP contribution in [-0.4, -0.2) is 69.7 Å². The molecule has 3 aromatic heterocycles. The lowest BCUT2D eigenvalue weighted by molar-refractivity contribution is 0.415. The lowest BCUT2D eigenvalue weighted by atomic mass is 10.1. The molecule has 0 saturated carbocycles. The van der Waals surface area contributed by atoms with E-state index >= 15 is 0 Å². The second-order valence-corrected chi connectivity index (χ2v) is 10.9. The molecule has 0 unspecified atom stereocenters. The molecule has 0 atom stereocenters. The van der Waals surface area contributed by atoms with E-state index in [1.807, 2.05) is 59.0 Å². The van der Waals surface area contributed by atoms with Crippen LogP contribution in [0.4, 0.5) is 5.95 Å². The molecule has 1 aliphatic rings. The van der Waals surface area contributed by atoms with E-state index < -0.39 is 10.2 Å². The largest absolute Gasteiger partial charge is 0.497 e. The van der Waals surface area contributed by atoms with E-state index in [0.29, 0.717) is 61.7 Å². The number of rotatable bonds is 9. The van der Waals surface area contributed by atoms with E-state index in [9.17, 15) is 8.42 Å². The summed E-state index contributed by atoms with van der Waals surface area (Å²) in [6.07, 6.45) is 5.02. The average molecular weight is 546 g/mol. The Balaban J connectivity index is 1.18. The van der Waals surface area contributed by atoms with Crippen molar-refractivity contribution in [2.24, 2.45) is 0 Å². The van der Waals surface area contributed by atoms with Crippen molar-refractivity contribution in [1.29, 1.82) is 0 Å². The molecule has 11 nitrogen and oxygen atoms in total. The van der Waals surface area contributed by atoms with Crippen LogP contribution >= 0.6 is 0 Å². The number of hydrogen-bond donors (Lipinski definition) is 1. The fourth-order valence-electron chi connectivity index (χ4n) is 4.66. The summed E-state index contributed by atoms with van der Waals surface area (Å²) in [5.41, 5.74) is 3.90. The van der Waals surface area contributed by atoms with Gasteiger partial charge in [0.2, 0.25) is 5.95 Å². The van der Waals surface area contributed by atoms with Crippen molar-refractivity contribution in [2.75, 3.05) is 38.6 Å². The number of aromatic nitrogens is 4. The molecule has 2 aromatic carbocycles. The van der Waals surface area contributed by atoms with Crippen molar-refractivity contribution in [3.63, 3.8) is 0 Å². The maximum Gasteiger partial charge on any atom is 0.306 e. The zero-order valence-electron chi connectivity index (χ0n) is 21.3. The zero-order valence-corrected chi connectivity index (χ0v) is 22.1. The van der Waals surface area contributed by atoms with E-state index in [4.69, 9.17) is 14.1 Å². The van der Waals surface area contributed by atoms with Crippen LogP contribution in [0.25, 0.3) is 28.5 Å². The Morgan fingerprint density at radius 2 is 1.87 bits per heavy atom. The zero-order chi connectivity index (χ0) is 26.8. The summed E-state index contributed by atoms with van der Waals surface area (Å²) in [6, 6.07) is 19.0. The monoisotopic (exact) mass is 545 g/mol. The second kappa shape index (κ2) is 10.5. The fourth-order valence-corrected chi connectivity index (χ4v) is 6.25. The van der Waals surface area contributed by atoms with Crippen molar-refractivity contribution in [3.8, 4) is 28.4 Å². The van der Waals surface area contributed by atoms with Crippen LogP contribution in [0.15, 0.2) is 83.7 Å². The summed E-state index contributed by atoms with van der Waals surface area (Å²) in [7, 11) is -1.91. The smallest absolute Gasteiger partial charge is 0.306 e. The van der Waals surface area contributed by atoms with Crippen molar-refractivity contribution in [3.05, 3.63) is 84.9 Å².